The largest absolute Gasteiger partial charge is 0.436 e. The molecule has 0 aliphatic rings. The fourth-order valence-electron chi connectivity index (χ4n) is 4.03. The van der Waals surface area contributed by atoms with E-state index in [1.54, 1.807) is 18.2 Å². The predicted molar refractivity (Wildman–Crippen MR) is 142 cm³/mol. The summed E-state index contributed by atoms with van der Waals surface area (Å²) in [4.78, 5) is 17.5. The van der Waals surface area contributed by atoms with Gasteiger partial charge in [-0.15, -0.1) is 0 Å². The van der Waals surface area contributed by atoms with E-state index in [1.807, 2.05) is 62.4 Å². The molecule has 1 amide bonds. The first-order chi connectivity index (χ1) is 16.4. The van der Waals surface area contributed by atoms with Gasteiger partial charge in [0.05, 0.1) is 0 Å². The van der Waals surface area contributed by atoms with Gasteiger partial charge in [-0.2, -0.15) is 0 Å². The van der Waals surface area contributed by atoms with Crippen molar-refractivity contribution in [1.82, 2.24) is 10.3 Å². The van der Waals surface area contributed by atoms with Crippen LogP contribution in [0.2, 0.25) is 5.02 Å². The summed E-state index contributed by atoms with van der Waals surface area (Å²) in [6.45, 7) is 4.09. The summed E-state index contributed by atoms with van der Waals surface area (Å²) in [5.74, 6) is 0.245. The van der Waals surface area contributed by atoms with Crippen LogP contribution in [-0.4, -0.2) is 16.0 Å². The molecule has 168 valence electrons. The normalized spacial score (nSPS) is 11.0. The van der Waals surface area contributed by atoms with Gasteiger partial charge in [0.25, 0.3) is 5.91 Å². The molecule has 0 unspecified atom stereocenters. The number of carbonyl (C=O) groups is 1. The highest BCUT2D eigenvalue weighted by atomic mass is 35.5. The molecule has 34 heavy (non-hydrogen) atoms. The molecular weight excluding hydrogens is 466 g/mol. The molecule has 4 aromatic carbocycles. The molecular formula is C27H20ClN3O2S. The fourth-order valence-corrected chi connectivity index (χ4v) is 4.48. The molecule has 0 aliphatic carbocycles. The molecule has 0 spiro atoms. The van der Waals surface area contributed by atoms with Crippen molar-refractivity contribution in [1.29, 1.82) is 0 Å². The number of hydrogen-bond donors (Lipinski definition) is 2. The van der Waals surface area contributed by atoms with Crippen LogP contribution in [0.3, 0.4) is 0 Å². The standard InChI is InChI=1S/C27H20ClN3O2S/c1-15-11-16(2)13-17(12-15)26-30-23-14-18(9-10-24(23)33-26)29-27(34)31-25(32)21-7-3-6-20-19(21)5-4-8-22(20)28/h3-14H,1-2H3,(H2,29,31,32,34). The van der Waals surface area contributed by atoms with E-state index < -0.39 is 0 Å². The van der Waals surface area contributed by atoms with E-state index in [0.717, 1.165) is 27.5 Å². The number of oxazole rings is 1. The van der Waals surface area contributed by atoms with Gasteiger partial charge in [-0.25, -0.2) is 4.98 Å². The van der Waals surface area contributed by atoms with Crippen molar-refractivity contribution in [3.05, 3.63) is 94.5 Å². The highest BCUT2D eigenvalue weighted by molar-refractivity contribution is 7.80. The molecule has 0 aliphatic heterocycles. The number of carbonyl (C=O) groups excluding carboxylic acids is 1. The summed E-state index contributed by atoms with van der Waals surface area (Å²) in [6.07, 6.45) is 0. The Labute approximate surface area is 206 Å². The molecule has 0 bridgehead atoms. The third kappa shape index (κ3) is 4.38. The molecule has 7 heteroatoms. The minimum absolute atomic E-state index is 0.182. The Morgan fingerprint density at radius 3 is 2.47 bits per heavy atom. The van der Waals surface area contributed by atoms with E-state index in [4.69, 9.17) is 28.2 Å². The van der Waals surface area contributed by atoms with Crippen molar-refractivity contribution in [3.63, 3.8) is 0 Å². The second kappa shape index (κ2) is 8.89. The van der Waals surface area contributed by atoms with E-state index in [9.17, 15) is 4.79 Å². The third-order valence-electron chi connectivity index (χ3n) is 5.45. The lowest BCUT2D eigenvalue weighted by Gasteiger charge is -2.11. The summed E-state index contributed by atoms with van der Waals surface area (Å²) >= 11 is 11.6. The number of aryl methyl sites for hydroxylation is 2. The van der Waals surface area contributed by atoms with Gasteiger partial charge >= 0.3 is 0 Å². The Morgan fingerprint density at radius 2 is 1.68 bits per heavy atom. The van der Waals surface area contributed by atoms with E-state index in [1.165, 1.54) is 0 Å². The lowest BCUT2D eigenvalue weighted by molar-refractivity contribution is 0.0979. The van der Waals surface area contributed by atoms with Gasteiger partial charge in [-0.3, -0.25) is 10.1 Å². The first-order valence-corrected chi connectivity index (χ1v) is 11.4. The van der Waals surface area contributed by atoms with Crippen LogP contribution in [0.15, 0.2) is 77.2 Å². The second-order valence-electron chi connectivity index (χ2n) is 8.13. The topological polar surface area (TPSA) is 67.2 Å². The Morgan fingerprint density at radius 1 is 0.941 bits per heavy atom. The van der Waals surface area contributed by atoms with Crippen molar-refractivity contribution >= 4 is 62.4 Å². The zero-order valence-corrected chi connectivity index (χ0v) is 20.1. The Bertz CT molecular complexity index is 1570. The lowest BCUT2D eigenvalue weighted by atomic mass is 10.0. The molecule has 5 aromatic rings. The summed E-state index contributed by atoms with van der Waals surface area (Å²) in [5.41, 5.74) is 5.78. The Hall–Kier alpha value is -3.74. The number of aromatic nitrogens is 1. The van der Waals surface area contributed by atoms with Crippen LogP contribution in [0, 0.1) is 13.8 Å². The number of thiocarbonyl (C=S) groups is 1. The number of anilines is 1. The van der Waals surface area contributed by atoms with Crippen LogP contribution in [0.1, 0.15) is 21.5 Å². The lowest BCUT2D eigenvalue weighted by Crippen LogP contribution is -2.34. The van der Waals surface area contributed by atoms with Gasteiger partial charge < -0.3 is 9.73 Å². The third-order valence-corrected chi connectivity index (χ3v) is 5.99. The number of fused-ring (bicyclic) bond motifs is 2. The monoisotopic (exact) mass is 485 g/mol. The number of hydrogen-bond acceptors (Lipinski definition) is 4. The summed E-state index contributed by atoms with van der Waals surface area (Å²) in [6, 6.07) is 22.6. The van der Waals surface area contributed by atoms with E-state index in [0.29, 0.717) is 33.3 Å². The first kappa shape index (κ1) is 22.1. The zero-order chi connectivity index (χ0) is 23.8. The number of rotatable bonds is 3. The molecule has 0 atom stereocenters. The Kier molecular flexibility index (Phi) is 5.77. The number of benzene rings is 4. The summed E-state index contributed by atoms with van der Waals surface area (Å²) in [7, 11) is 0. The fraction of sp³-hybridized carbons (Fsp3) is 0.0741. The van der Waals surface area contributed by atoms with Crippen molar-refractivity contribution in [2.45, 2.75) is 13.8 Å². The number of nitrogens with one attached hydrogen (secondary N) is 2. The van der Waals surface area contributed by atoms with Gasteiger partial charge in [-0.05, 0) is 73.9 Å². The minimum atomic E-state index is -0.315. The summed E-state index contributed by atoms with van der Waals surface area (Å²) in [5, 5.41) is 8.14. The quantitative estimate of drug-likeness (QED) is 0.268. The minimum Gasteiger partial charge on any atom is -0.436 e. The van der Waals surface area contributed by atoms with Crippen molar-refractivity contribution in [2.24, 2.45) is 0 Å². The summed E-state index contributed by atoms with van der Waals surface area (Å²) < 4.78 is 5.94. The maximum absolute atomic E-state index is 12.9. The van der Waals surface area contributed by atoms with Crippen LogP contribution in [-0.2, 0) is 0 Å². The molecule has 0 saturated heterocycles. The first-order valence-electron chi connectivity index (χ1n) is 10.7. The van der Waals surface area contributed by atoms with Crippen LogP contribution in [0.25, 0.3) is 33.3 Å². The van der Waals surface area contributed by atoms with Crippen LogP contribution in [0.4, 0.5) is 5.69 Å². The SMILES string of the molecule is Cc1cc(C)cc(-c2nc3cc(NC(=S)NC(=O)c4cccc5c(Cl)cccc45)ccc3o2)c1. The average Bonchev–Trinajstić information content (AvgIpc) is 3.22. The number of nitrogens with zero attached hydrogens (tertiary/aromatic N) is 1. The Balaban J connectivity index is 1.35. The molecule has 1 aromatic heterocycles. The van der Waals surface area contributed by atoms with Crippen LogP contribution in [0.5, 0.6) is 0 Å². The molecule has 1 heterocycles. The number of amides is 1. The van der Waals surface area contributed by atoms with Gasteiger partial charge in [0, 0.05) is 27.2 Å². The maximum Gasteiger partial charge on any atom is 0.258 e. The zero-order valence-electron chi connectivity index (χ0n) is 18.5. The highest BCUT2D eigenvalue weighted by Gasteiger charge is 2.14. The van der Waals surface area contributed by atoms with E-state index in [2.05, 4.69) is 21.7 Å². The smallest absolute Gasteiger partial charge is 0.258 e. The average molecular weight is 486 g/mol. The van der Waals surface area contributed by atoms with Crippen molar-refractivity contribution in [2.75, 3.05) is 5.32 Å². The maximum atomic E-state index is 12.9. The van der Waals surface area contributed by atoms with E-state index >= 15 is 0 Å². The van der Waals surface area contributed by atoms with Gasteiger partial charge in [0.2, 0.25) is 5.89 Å². The van der Waals surface area contributed by atoms with Crippen molar-refractivity contribution < 1.29 is 9.21 Å². The molecule has 0 saturated carbocycles. The molecule has 5 rings (SSSR count). The van der Waals surface area contributed by atoms with E-state index in [-0.39, 0.29) is 11.0 Å². The molecule has 0 radical (unpaired) electrons. The molecule has 0 fully saturated rings. The van der Waals surface area contributed by atoms with Gasteiger partial charge in [0.1, 0.15) is 5.52 Å². The van der Waals surface area contributed by atoms with Crippen molar-refractivity contribution in [3.8, 4) is 11.5 Å². The number of halogens is 1. The van der Waals surface area contributed by atoms with Gasteiger partial charge in [-0.1, -0.05) is 53.1 Å². The molecule has 2 N–H and O–H groups in total. The predicted octanol–water partition coefficient (Wildman–Crippen LogP) is 7.05. The van der Waals surface area contributed by atoms with Crippen LogP contribution >= 0.6 is 23.8 Å². The highest BCUT2D eigenvalue weighted by Crippen LogP contribution is 2.28. The van der Waals surface area contributed by atoms with Gasteiger partial charge in [0.15, 0.2) is 10.7 Å². The van der Waals surface area contributed by atoms with Crippen LogP contribution < -0.4 is 10.6 Å². The molecule has 5 nitrogen and oxygen atoms in total. The second-order valence-corrected chi connectivity index (χ2v) is 8.94.